The average Bonchev–Trinajstić information content (AvgIpc) is 2.40. The molecule has 8 heteroatoms. The Labute approximate surface area is 126 Å². The molecule has 0 radical (unpaired) electrons. The number of aromatic carboxylic acids is 1. The summed E-state index contributed by atoms with van der Waals surface area (Å²) in [7, 11) is 0. The van der Waals surface area contributed by atoms with Crippen LogP contribution in [0.1, 0.15) is 16.1 Å². The molecule has 0 aliphatic carbocycles. The SMILES string of the molecule is O=C(O)c1ncc(C(F)(F)F)cc1Sc1ccc(Cl)cc1. The Morgan fingerprint density at radius 2 is 1.86 bits per heavy atom. The minimum absolute atomic E-state index is 0.0837. The summed E-state index contributed by atoms with van der Waals surface area (Å²) in [6.07, 6.45) is -4.07. The van der Waals surface area contributed by atoms with Gasteiger partial charge in [-0.3, -0.25) is 0 Å². The van der Waals surface area contributed by atoms with Crippen molar-refractivity contribution in [1.29, 1.82) is 0 Å². The van der Waals surface area contributed by atoms with Gasteiger partial charge in [0.1, 0.15) is 0 Å². The third-order valence-corrected chi connectivity index (χ3v) is 3.72. The van der Waals surface area contributed by atoms with Gasteiger partial charge in [-0.25, -0.2) is 9.78 Å². The highest BCUT2D eigenvalue weighted by molar-refractivity contribution is 7.99. The molecule has 0 bridgehead atoms. The summed E-state index contributed by atoms with van der Waals surface area (Å²) in [6.45, 7) is 0. The first-order chi connectivity index (χ1) is 9.77. The van der Waals surface area contributed by atoms with E-state index in [0.717, 1.165) is 17.8 Å². The summed E-state index contributed by atoms with van der Waals surface area (Å²) in [5.74, 6) is -1.39. The molecule has 1 heterocycles. The Morgan fingerprint density at radius 1 is 1.24 bits per heavy atom. The monoisotopic (exact) mass is 333 g/mol. The van der Waals surface area contributed by atoms with Gasteiger partial charge in [-0.2, -0.15) is 13.2 Å². The van der Waals surface area contributed by atoms with Crippen molar-refractivity contribution < 1.29 is 23.1 Å². The Kier molecular flexibility index (Phi) is 4.43. The van der Waals surface area contributed by atoms with Crippen molar-refractivity contribution in [2.24, 2.45) is 0 Å². The Bertz CT molecular complexity index is 674. The number of nitrogens with zero attached hydrogens (tertiary/aromatic N) is 1. The Morgan fingerprint density at radius 3 is 2.38 bits per heavy atom. The van der Waals surface area contributed by atoms with Gasteiger partial charge in [-0.1, -0.05) is 23.4 Å². The van der Waals surface area contributed by atoms with E-state index in [1.54, 1.807) is 24.3 Å². The van der Waals surface area contributed by atoms with Gasteiger partial charge < -0.3 is 5.11 Å². The van der Waals surface area contributed by atoms with E-state index in [4.69, 9.17) is 16.7 Å². The predicted molar refractivity (Wildman–Crippen MR) is 71.8 cm³/mol. The zero-order valence-corrected chi connectivity index (χ0v) is 11.8. The van der Waals surface area contributed by atoms with Crippen molar-refractivity contribution in [1.82, 2.24) is 4.98 Å². The van der Waals surface area contributed by atoms with Crippen molar-refractivity contribution >= 4 is 29.3 Å². The first-order valence-electron chi connectivity index (χ1n) is 5.51. The van der Waals surface area contributed by atoms with Gasteiger partial charge in [0.15, 0.2) is 5.69 Å². The first kappa shape index (κ1) is 15.7. The van der Waals surface area contributed by atoms with Crippen LogP contribution in [0.4, 0.5) is 13.2 Å². The van der Waals surface area contributed by atoms with Crippen LogP contribution in [0.15, 0.2) is 46.3 Å². The van der Waals surface area contributed by atoms with Crippen LogP contribution in [-0.4, -0.2) is 16.1 Å². The Hall–Kier alpha value is -1.73. The number of hydrogen-bond donors (Lipinski definition) is 1. The van der Waals surface area contributed by atoms with Crippen molar-refractivity contribution in [3.8, 4) is 0 Å². The van der Waals surface area contributed by atoms with Crippen LogP contribution < -0.4 is 0 Å². The van der Waals surface area contributed by atoms with Crippen LogP contribution in [0.3, 0.4) is 0 Å². The number of carboxylic acid groups (broad SMARTS) is 1. The van der Waals surface area contributed by atoms with E-state index in [2.05, 4.69) is 4.98 Å². The van der Waals surface area contributed by atoms with Gasteiger partial charge in [0.25, 0.3) is 0 Å². The number of carbonyl (C=O) groups is 1. The van der Waals surface area contributed by atoms with Crippen LogP contribution in [-0.2, 0) is 6.18 Å². The molecule has 0 saturated carbocycles. The predicted octanol–water partition coefficient (Wildman–Crippen LogP) is 4.60. The lowest BCUT2D eigenvalue weighted by molar-refractivity contribution is -0.138. The molecule has 0 fully saturated rings. The molecule has 3 nitrogen and oxygen atoms in total. The van der Waals surface area contributed by atoms with E-state index in [9.17, 15) is 18.0 Å². The largest absolute Gasteiger partial charge is 0.476 e. The molecule has 0 atom stereocenters. The molecule has 0 aliphatic heterocycles. The molecule has 1 N–H and O–H groups in total. The van der Waals surface area contributed by atoms with Gasteiger partial charge in [-0.15, -0.1) is 0 Å². The maximum absolute atomic E-state index is 12.7. The standard InChI is InChI=1S/C13H7ClF3NO2S/c14-8-1-3-9(4-2-8)21-10-5-7(13(15,16)17)6-18-11(10)12(19)20/h1-6H,(H,19,20). The Balaban J connectivity index is 2.43. The maximum Gasteiger partial charge on any atom is 0.417 e. The minimum atomic E-state index is -4.58. The summed E-state index contributed by atoms with van der Waals surface area (Å²) in [6, 6.07) is 7.06. The highest BCUT2D eigenvalue weighted by atomic mass is 35.5. The molecule has 110 valence electrons. The van der Waals surface area contributed by atoms with Crippen LogP contribution in [0, 0.1) is 0 Å². The summed E-state index contributed by atoms with van der Waals surface area (Å²) in [4.78, 5) is 14.9. The van der Waals surface area contributed by atoms with E-state index >= 15 is 0 Å². The van der Waals surface area contributed by atoms with E-state index in [1.165, 1.54) is 0 Å². The quantitative estimate of drug-likeness (QED) is 0.891. The number of alkyl halides is 3. The third-order valence-electron chi connectivity index (χ3n) is 2.42. The van der Waals surface area contributed by atoms with E-state index in [1.807, 2.05) is 0 Å². The van der Waals surface area contributed by atoms with Crippen LogP contribution >= 0.6 is 23.4 Å². The molecule has 0 aliphatic rings. The molecule has 21 heavy (non-hydrogen) atoms. The van der Waals surface area contributed by atoms with Gasteiger partial charge in [0.2, 0.25) is 0 Å². The van der Waals surface area contributed by atoms with Gasteiger partial charge in [-0.05, 0) is 30.3 Å². The lowest BCUT2D eigenvalue weighted by Gasteiger charge is -2.10. The molecular weight excluding hydrogens is 327 g/mol. The molecule has 0 saturated heterocycles. The average molecular weight is 334 g/mol. The summed E-state index contributed by atoms with van der Waals surface area (Å²) >= 11 is 6.60. The second kappa shape index (κ2) is 5.95. The van der Waals surface area contributed by atoms with Gasteiger partial charge in [0.05, 0.1) is 5.56 Å². The minimum Gasteiger partial charge on any atom is -0.476 e. The second-order valence-corrected chi connectivity index (χ2v) is 5.48. The number of carboxylic acids is 1. The second-order valence-electron chi connectivity index (χ2n) is 3.93. The van der Waals surface area contributed by atoms with Gasteiger partial charge in [0, 0.05) is 21.0 Å². The number of hydrogen-bond acceptors (Lipinski definition) is 3. The summed E-state index contributed by atoms with van der Waals surface area (Å²) in [5, 5.41) is 9.48. The topological polar surface area (TPSA) is 50.2 Å². The normalized spacial score (nSPS) is 11.4. The molecule has 0 amide bonds. The van der Waals surface area contributed by atoms with E-state index in [-0.39, 0.29) is 4.90 Å². The zero-order chi connectivity index (χ0) is 15.6. The third kappa shape index (κ3) is 3.89. The van der Waals surface area contributed by atoms with Crippen LogP contribution in [0.25, 0.3) is 0 Å². The number of aromatic nitrogens is 1. The van der Waals surface area contributed by atoms with Crippen molar-refractivity contribution in [2.45, 2.75) is 16.0 Å². The summed E-state index contributed by atoms with van der Waals surface area (Å²) in [5.41, 5.74) is -1.42. The van der Waals surface area contributed by atoms with Crippen LogP contribution in [0.2, 0.25) is 5.02 Å². The number of pyridine rings is 1. The lowest BCUT2D eigenvalue weighted by atomic mass is 10.2. The summed E-state index contributed by atoms with van der Waals surface area (Å²) < 4.78 is 38.0. The first-order valence-corrected chi connectivity index (χ1v) is 6.71. The zero-order valence-electron chi connectivity index (χ0n) is 10.2. The molecule has 0 unspecified atom stereocenters. The highest BCUT2D eigenvalue weighted by Gasteiger charge is 2.32. The molecule has 2 rings (SSSR count). The lowest BCUT2D eigenvalue weighted by Crippen LogP contribution is -2.09. The molecule has 1 aromatic carbocycles. The number of rotatable bonds is 3. The molecule has 1 aromatic heterocycles. The van der Waals surface area contributed by atoms with Crippen molar-refractivity contribution in [2.75, 3.05) is 0 Å². The van der Waals surface area contributed by atoms with Gasteiger partial charge >= 0.3 is 12.1 Å². The molecule has 0 spiro atoms. The van der Waals surface area contributed by atoms with E-state index < -0.39 is 23.4 Å². The van der Waals surface area contributed by atoms with Crippen molar-refractivity contribution in [3.05, 3.63) is 52.8 Å². The number of halogens is 4. The fourth-order valence-electron chi connectivity index (χ4n) is 1.47. The molecule has 2 aromatic rings. The van der Waals surface area contributed by atoms with E-state index in [0.29, 0.717) is 16.1 Å². The van der Waals surface area contributed by atoms with Crippen LogP contribution in [0.5, 0.6) is 0 Å². The fraction of sp³-hybridized carbons (Fsp3) is 0.0769. The number of benzene rings is 1. The molecular formula is C13H7ClF3NO2S. The fourth-order valence-corrected chi connectivity index (χ4v) is 2.54. The van der Waals surface area contributed by atoms with Crippen molar-refractivity contribution in [3.63, 3.8) is 0 Å². The maximum atomic E-state index is 12.7. The highest BCUT2D eigenvalue weighted by Crippen LogP contribution is 2.35. The smallest absolute Gasteiger partial charge is 0.417 e.